The fraction of sp³-hybridized carbons (Fsp3) is 0.714. The van der Waals surface area contributed by atoms with Crippen molar-refractivity contribution in [3.63, 3.8) is 0 Å². The Kier molecular flexibility index (Phi) is 5.69. The van der Waals surface area contributed by atoms with Crippen molar-refractivity contribution in [2.45, 2.75) is 20.0 Å². The Bertz CT molecular complexity index is 112. The van der Waals surface area contributed by atoms with E-state index in [0.717, 1.165) is 12.1 Å². The minimum absolute atomic E-state index is 0.289. The maximum atomic E-state index is 8.82. The summed E-state index contributed by atoms with van der Waals surface area (Å²) in [6, 6.07) is 0. The van der Waals surface area contributed by atoms with E-state index >= 15 is 0 Å². The first-order valence-corrected chi connectivity index (χ1v) is 3.75. The van der Waals surface area contributed by atoms with Gasteiger partial charge < -0.3 is 10.4 Å². The summed E-state index contributed by atoms with van der Waals surface area (Å²) in [4.78, 5) is 0. The Labute approximate surface area is 66.9 Å². The minimum Gasteiger partial charge on any atom is -0.392 e. The highest BCUT2D eigenvalue weighted by atomic mass is 35.5. The van der Waals surface area contributed by atoms with Gasteiger partial charge in [0.05, 0.1) is 6.10 Å². The Morgan fingerprint density at radius 2 is 2.40 bits per heavy atom. The third-order valence-corrected chi connectivity index (χ3v) is 1.40. The maximum absolute atomic E-state index is 8.82. The van der Waals surface area contributed by atoms with Gasteiger partial charge in [-0.25, -0.2) is 0 Å². The van der Waals surface area contributed by atoms with Crippen LogP contribution in [-0.4, -0.2) is 24.3 Å². The number of hydrogen-bond donors (Lipinski definition) is 2. The summed E-state index contributed by atoms with van der Waals surface area (Å²) in [5.41, 5.74) is 2.61. The largest absolute Gasteiger partial charge is 0.392 e. The lowest BCUT2D eigenvalue weighted by molar-refractivity contribution is 0.192. The van der Waals surface area contributed by atoms with Crippen LogP contribution in [0.5, 0.6) is 0 Å². The van der Waals surface area contributed by atoms with Gasteiger partial charge in [0, 0.05) is 18.6 Å². The molecule has 0 aliphatic carbocycles. The zero-order valence-corrected chi connectivity index (χ0v) is 7.15. The molecule has 0 heterocycles. The second-order valence-corrected chi connectivity index (χ2v) is 2.65. The van der Waals surface area contributed by atoms with Crippen LogP contribution in [0.2, 0.25) is 0 Å². The molecule has 0 saturated heterocycles. The van der Waals surface area contributed by atoms with E-state index in [0.29, 0.717) is 6.54 Å². The molecule has 10 heavy (non-hydrogen) atoms. The lowest BCUT2D eigenvalue weighted by atomic mass is 10.3. The van der Waals surface area contributed by atoms with Gasteiger partial charge in [0.1, 0.15) is 0 Å². The van der Waals surface area contributed by atoms with Gasteiger partial charge >= 0.3 is 0 Å². The van der Waals surface area contributed by atoms with E-state index in [2.05, 4.69) is 5.32 Å². The molecule has 0 saturated carbocycles. The summed E-state index contributed by atoms with van der Waals surface area (Å²) >= 11 is 5.40. The summed E-state index contributed by atoms with van der Waals surface area (Å²) in [6.45, 7) is 5.03. The Morgan fingerprint density at radius 3 is 2.80 bits per heavy atom. The SMILES string of the molecule is CC(=CCl)CNCC(C)O. The molecule has 1 unspecified atom stereocenters. The van der Waals surface area contributed by atoms with E-state index in [1.54, 1.807) is 6.92 Å². The van der Waals surface area contributed by atoms with Crippen LogP contribution >= 0.6 is 11.6 Å². The van der Waals surface area contributed by atoms with Crippen LogP contribution in [0.3, 0.4) is 0 Å². The van der Waals surface area contributed by atoms with Crippen LogP contribution in [0.15, 0.2) is 11.1 Å². The van der Waals surface area contributed by atoms with Crippen LogP contribution in [0.1, 0.15) is 13.8 Å². The zero-order valence-electron chi connectivity index (χ0n) is 6.39. The first-order chi connectivity index (χ1) is 4.66. The van der Waals surface area contributed by atoms with E-state index in [1.807, 2.05) is 6.92 Å². The van der Waals surface area contributed by atoms with E-state index in [9.17, 15) is 0 Å². The van der Waals surface area contributed by atoms with Crippen LogP contribution in [0.25, 0.3) is 0 Å². The lowest BCUT2D eigenvalue weighted by Gasteiger charge is -2.05. The smallest absolute Gasteiger partial charge is 0.0636 e. The van der Waals surface area contributed by atoms with Crippen molar-refractivity contribution < 1.29 is 5.11 Å². The van der Waals surface area contributed by atoms with Gasteiger partial charge in [0.25, 0.3) is 0 Å². The molecular formula is C7H14ClNO. The molecule has 0 aliphatic rings. The van der Waals surface area contributed by atoms with Gasteiger partial charge in [0.2, 0.25) is 0 Å². The molecule has 0 rings (SSSR count). The Morgan fingerprint density at radius 1 is 1.80 bits per heavy atom. The normalized spacial score (nSPS) is 15.4. The van der Waals surface area contributed by atoms with Crippen LogP contribution in [0, 0.1) is 0 Å². The highest BCUT2D eigenvalue weighted by Crippen LogP contribution is 1.91. The molecule has 1 atom stereocenters. The highest BCUT2D eigenvalue weighted by molar-refractivity contribution is 6.25. The van der Waals surface area contributed by atoms with E-state index in [1.165, 1.54) is 5.54 Å². The molecule has 0 aromatic heterocycles. The number of nitrogens with one attached hydrogen (secondary N) is 1. The van der Waals surface area contributed by atoms with Crippen molar-refractivity contribution in [1.82, 2.24) is 5.32 Å². The highest BCUT2D eigenvalue weighted by Gasteiger charge is 1.93. The monoisotopic (exact) mass is 163 g/mol. The van der Waals surface area contributed by atoms with E-state index in [4.69, 9.17) is 16.7 Å². The molecular weight excluding hydrogens is 150 g/mol. The van der Waals surface area contributed by atoms with Gasteiger partial charge in [-0.2, -0.15) is 0 Å². The third kappa shape index (κ3) is 6.08. The molecule has 0 spiro atoms. The van der Waals surface area contributed by atoms with Crippen molar-refractivity contribution in [2.24, 2.45) is 0 Å². The van der Waals surface area contributed by atoms with Crippen molar-refractivity contribution in [1.29, 1.82) is 0 Å². The van der Waals surface area contributed by atoms with Gasteiger partial charge in [-0.05, 0) is 19.4 Å². The fourth-order valence-corrected chi connectivity index (χ4v) is 0.594. The molecule has 0 aromatic rings. The molecule has 0 fully saturated rings. The summed E-state index contributed by atoms with van der Waals surface area (Å²) < 4.78 is 0. The molecule has 60 valence electrons. The molecule has 0 bridgehead atoms. The second-order valence-electron chi connectivity index (χ2n) is 2.44. The molecule has 2 nitrogen and oxygen atoms in total. The van der Waals surface area contributed by atoms with Crippen LogP contribution in [0.4, 0.5) is 0 Å². The number of rotatable bonds is 4. The second kappa shape index (κ2) is 5.71. The molecule has 3 heteroatoms. The van der Waals surface area contributed by atoms with Crippen molar-refractivity contribution in [3.8, 4) is 0 Å². The average Bonchev–Trinajstić information content (AvgIpc) is 1.87. The van der Waals surface area contributed by atoms with Crippen molar-refractivity contribution in [2.75, 3.05) is 13.1 Å². The van der Waals surface area contributed by atoms with E-state index < -0.39 is 0 Å². The third-order valence-electron chi connectivity index (χ3n) is 1.03. The summed E-state index contributed by atoms with van der Waals surface area (Å²) in [6.07, 6.45) is -0.289. The molecule has 2 N–H and O–H groups in total. The van der Waals surface area contributed by atoms with Gasteiger partial charge in [-0.3, -0.25) is 0 Å². The summed E-state index contributed by atoms with van der Waals surface area (Å²) in [5, 5.41) is 11.9. The van der Waals surface area contributed by atoms with Gasteiger partial charge in [0.15, 0.2) is 0 Å². The molecule has 0 amide bonds. The van der Waals surface area contributed by atoms with Crippen molar-refractivity contribution in [3.05, 3.63) is 11.1 Å². The Hall–Kier alpha value is -0.0500. The minimum atomic E-state index is -0.289. The predicted octanol–water partition coefficient (Wildman–Crippen LogP) is 1.10. The lowest BCUT2D eigenvalue weighted by Crippen LogP contribution is -2.25. The quantitative estimate of drug-likeness (QED) is 0.651. The zero-order chi connectivity index (χ0) is 7.98. The van der Waals surface area contributed by atoms with Crippen LogP contribution < -0.4 is 5.32 Å². The molecule has 0 aliphatic heterocycles. The Balaban J connectivity index is 3.20. The molecule has 0 aromatic carbocycles. The number of aliphatic hydroxyl groups excluding tert-OH is 1. The van der Waals surface area contributed by atoms with Gasteiger partial charge in [-0.15, -0.1) is 0 Å². The standard InChI is InChI=1S/C7H14ClNO/c1-6(3-8)4-9-5-7(2)10/h3,7,9-10H,4-5H2,1-2H3. The summed E-state index contributed by atoms with van der Waals surface area (Å²) in [5.74, 6) is 0. The van der Waals surface area contributed by atoms with Gasteiger partial charge in [-0.1, -0.05) is 11.6 Å². The number of hydrogen-bond acceptors (Lipinski definition) is 2. The van der Waals surface area contributed by atoms with Crippen LogP contribution in [-0.2, 0) is 0 Å². The number of aliphatic hydroxyl groups is 1. The first kappa shape index (κ1) is 9.95. The fourth-order valence-electron chi connectivity index (χ4n) is 0.517. The maximum Gasteiger partial charge on any atom is 0.0636 e. The number of halogens is 1. The van der Waals surface area contributed by atoms with E-state index in [-0.39, 0.29) is 6.10 Å². The summed E-state index contributed by atoms with van der Waals surface area (Å²) in [7, 11) is 0. The average molecular weight is 164 g/mol. The first-order valence-electron chi connectivity index (χ1n) is 3.31. The molecule has 0 radical (unpaired) electrons. The topological polar surface area (TPSA) is 32.3 Å². The predicted molar refractivity (Wildman–Crippen MR) is 44.2 cm³/mol. The van der Waals surface area contributed by atoms with Crippen molar-refractivity contribution >= 4 is 11.6 Å².